The normalized spacial score (nSPS) is 27.3. The zero-order valence-corrected chi connectivity index (χ0v) is 15.8. The van der Waals surface area contributed by atoms with Gasteiger partial charge in [-0.15, -0.1) is 13.2 Å². The van der Waals surface area contributed by atoms with Crippen LogP contribution >= 0.6 is 0 Å². The molecule has 0 aromatic rings. The number of carbonyl (C=O) groups is 3. The first-order valence-electron chi connectivity index (χ1n) is 8.38. The van der Waals surface area contributed by atoms with Gasteiger partial charge >= 0.3 is 17.9 Å². The minimum absolute atomic E-state index is 0.0919. The smallest absolute Gasteiger partial charge is 0.303 e. The molecular formula is C18H26O9. The lowest BCUT2D eigenvalue weighted by molar-refractivity contribution is -0.309. The Morgan fingerprint density at radius 2 is 1.41 bits per heavy atom. The molecule has 9 heteroatoms. The molecule has 5 atom stereocenters. The first-order chi connectivity index (χ1) is 12.8. The van der Waals surface area contributed by atoms with Crippen molar-refractivity contribution < 1.29 is 42.8 Å². The monoisotopic (exact) mass is 386 g/mol. The lowest BCUT2D eigenvalue weighted by Crippen LogP contribution is -2.62. The van der Waals surface area contributed by atoms with Crippen LogP contribution < -0.4 is 0 Å². The van der Waals surface area contributed by atoms with Crippen LogP contribution in [0.2, 0.25) is 0 Å². The van der Waals surface area contributed by atoms with E-state index in [2.05, 4.69) is 13.2 Å². The molecule has 9 nitrogen and oxygen atoms in total. The van der Waals surface area contributed by atoms with Crippen molar-refractivity contribution in [1.82, 2.24) is 0 Å². The van der Waals surface area contributed by atoms with Crippen LogP contribution in [0, 0.1) is 0 Å². The topological polar surface area (TPSA) is 107 Å². The molecule has 0 aliphatic carbocycles. The van der Waals surface area contributed by atoms with Crippen LogP contribution in [0.1, 0.15) is 20.8 Å². The molecule has 0 spiro atoms. The van der Waals surface area contributed by atoms with E-state index in [-0.39, 0.29) is 19.8 Å². The Morgan fingerprint density at radius 3 is 1.93 bits per heavy atom. The third-order valence-electron chi connectivity index (χ3n) is 3.43. The fourth-order valence-electron chi connectivity index (χ4n) is 2.53. The molecule has 0 saturated carbocycles. The van der Waals surface area contributed by atoms with Crippen molar-refractivity contribution in [2.75, 3.05) is 19.8 Å². The van der Waals surface area contributed by atoms with Gasteiger partial charge < -0.3 is 28.4 Å². The maximum atomic E-state index is 11.6. The summed E-state index contributed by atoms with van der Waals surface area (Å²) in [4.78, 5) is 34.3. The van der Waals surface area contributed by atoms with Crippen molar-refractivity contribution in [3.63, 3.8) is 0 Å². The van der Waals surface area contributed by atoms with Gasteiger partial charge in [0.25, 0.3) is 0 Å². The Labute approximate surface area is 158 Å². The van der Waals surface area contributed by atoms with Gasteiger partial charge in [-0.2, -0.15) is 0 Å². The van der Waals surface area contributed by atoms with Crippen LogP contribution in [0.25, 0.3) is 0 Å². The number of hydrogen-bond acceptors (Lipinski definition) is 9. The Bertz CT molecular complexity index is 545. The molecule has 0 bridgehead atoms. The van der Waals surface area contributed by atoms with Crippen molar-refractivity contribution in [2.45, 2.75) is 51.5 Å². The lowest BCUT2D eigenvalue weighted by Gasteiger charge is -2.44. The van der Waals surface area contributed by atoms with E-state index in [1.165, 1.54) is 32.9 Å². The fraction of sp³-hybridized carbons (Fsp3) is 0.611. The van der Waals surface area contributed by atoms with E-state index in [1.807, 2.05) is 0 Å². The van der Waals surface area contributed by atoms with Gasteiger partial charge in [0, 0.05) is 20.8 Å². The van der Waals surface area contributed by atoms with Crippen molar-refractivity contribution in [3.8, 4) is 0 Å². The molecule has 1 heterocycles. The van der Waals surface area contributed by atoms with Crippen LogP contribution in [-0.2, 0) is 42.8 Å². The van der Waals surface area contributed by atoms with E-state index >= 15 is 0 Å². The Balaban J connectivity index is 3.20. The first-order valence-corrected chi connectivity index (χ1v) is 8.38. The van der Waals surface area contributed by atoms with E-state index in [0.29, 0.717) is 0 Å². The summed E-state index contributed by atoms with van der Waals surface area (Å²) in [5, 5.41) is 0. The Hall–Kier alpha value is -2.23. The van der Waals surface area contributed by atoms with Crippen LogP contribution in [0.3, 0.4) is 0 Å². The molecule has 27 heavy (non-hydrogen) atoms. The van der Waals surface area contributed by atoms with Crippen molar-refractivity contribution in [1.29, 1.82) is 0 Å². The van der Waals surface area contributed by atoms with Crippen molar-refractivity contribution in [3.05, 3.63) is 25.3 Å². The average molecular weight is 386 g/mol. The third kappa shape index (κ3) is 7.49. The summed E-state index contributed by atoms with van der Waals surface area (Å²) in [5.41, 5.74) is 0. The quantitative estimate of drug-likeness (QED) is 0.308. The average Bonchev–Trinajstić information content (AvgIpc) is 2.58. The van der Waals surface area contributed by atoms with Crippen LogP contribution in [0.15, 0.2) is 25.3 Å². The molecule has 0 aromatic heterocycles. The molecule has 1 fully saturated rings. The van der Waals surface area contributed by atoms with Crippen LogP contribution in [-0.4, -0.2) is 68.4 Å². The number of ether oxygens (including phenoxy) is 6. The van der Waals surface area contributed by atoms with Gasteiger partial charge in [-0.25, -0.2) is 0 Å². The third-order valence-corrected chi connectivity index (χ3v) is 3.43. The second kappa shape index (κ2) is 11.5. The summed E-state index contributed by atoms with van der Waals surface area (Å²) in [7, 11) is 0. The highest BCUT2D eigenvalue weighted by Crippen LogP contribution is 2.29. The van der Waals surface area contributed by atoms with Gasteiger partial charge in [-0.3, -0.25) is 14.4 Å². The summed E-state index contributed by atoms with van der Waals surface area (Å²) in [6.07, 6.45) is -1.92. The van der Waals surface area contributed by atoms with Gasteiger partial charge in [0.15, 0.2) is 18.5 Å². The molecule has 152 valence electrons. The molecular weight excluding hydrogens is 360 g/mol. The van der Waals surface area contributed by atoms with Crippen molar-refractivity contribution >= 4 is 17.9 Å². The van der Waals surface area contributed by atoms with Gasteiger partial charge in [-0.1, -0.05) is 12.2 Å². The van der Waals surface area contributed by atoms with Crippen molar-refractivity contribution in [2.24, 2.45) is 0 Å². The summed E-state index contributed by atoms with van der Waals surface area (Å²) in [6, 6.07) is 0. The predicted octanol–water partition coefficient (Wildman–Crippen LogP) is 0.912. The lowest BCUT2D eigenvalue weighted by atomic mass is 9.98. The predicted molar refractivity (Wildman–Crippen MR) is 92.5 cm³/mol. The summed E-state index contributed by atoms with van der Waals surface area (Å²) < 4.78 is 32.7. The van der Waals surface area contributed by atoms with Gasteiger partial charge in [0.2, 0.25) is 0 Å². The zero-order valence-electron chi connectivity index (χ0n) is 15.8. The highest BCUT2D eigenvalue weighted by atomic mass is 16.7. The molecule has 0 aromatic carbocycles. The Kier molecular flexibility index (Phi) is 9.70. The summed E-state index contributed by atoms with van der Waals surface area (Å²) in [6.45, 7) is 10.8. The van der Waals surface area contributed by atoms with Crippen LogP contribution in [0.5, 0.6) is 0 Å². The SMILES string of the molecule is C=CCO[C@@H]1O[C@H](COC(C)=O)[C@@H](OC(C)=O)[C@H](OCC=C)[C@H]1OC(C)=O. The molecule has 0 unspecified atom stereocenters. The highest BCUT2D eigenvalue weighted by molar-refractivity contribution is 5.67. The van der Waals surface area contributed by atoms with Gasteiger partial charge in [0.1, 0.15) is 18.8 Å². The standard InChI is InChI=1S/C18H26O9/c1-6-8-22-16-15(25-12(4)20)14(10-24-11(3)19)27-18(23-9-7-2)17(16)26-13(5)21/h6-7,14-18H,1-2,8-10H2,3-5H3/t14-,15-,16+,17-,18-/m1/s1. The summed E-state index contributed by atoms with van der Waals surface area (Å²) in [5.74, 6) is -1.73. The largest absolute Gasteiger partial charge is 0.463 e. The number of hydrogen-bond donors (Lipinski definition) is 0. The Morgan fingerprint density at radius 1 is 0.852 bits per heavy atom. The number of rotatable bonds is 10. The van der Waals surface area contributed by atoms with E-state index in [4.69, 9.17) is 28.4 Å². The summed E-state index contributed by atoms with van der Waals surface area (Å²) >= 11 is 0. The van der Waals surface area contributed by atoms with E-state index in [9.17, 15) is 14.4 Å². The maximum Gasteiger partial charge on any atom is 0.303 e. The first kappa shape index (κ1) is 22.8. The van der Waals surface area contributed by atoms with Gasteiger partial charge in [0.05, 0.1) is 13.2 Å². The second-order valence-corrected chi connectivity index (χ2v) is 5.70. The number of carbonyl (C=O) groups excluding carboxylic acids is 3. The van der Waals surface area contributed by atoms with E-state index in [1.54, 1.807) is 0 Å². The molecule has 1 rings (SSSR count). The zero-order chi connectivity index (χ0) is 20.4. The minimum Gasteiger partial charge on any atom is -0.463 e. The molecule has 1 aliphatic rings. The second-order valence-electron chi connectivity index (χ2n) is 5.70. The molecule has 0 radical (unpaired) electrons. The highest BCUT2D eigenvalue weighted by Gasteiger charge is 2.51. The fourth-order valence-corrected chi connectivity index (χ4v) is 2.53. The number of esters is 3. The minimum atomic E-state index is -1.05. The van der Waals surface area contributed by atoms with Crippen LogP contribution in [0.4, 0.5) is 0 Å². The molecule has 1 aliphatic heterocycles. The van der Waals surface area contributed by atoms with E-state index < -0.39 is 48.6 Å². The molecule has 1 saturated heterocycles. The maximum absolute atomic E-state index is 11.6. The molecule has 0 amide bonds. The molecule has 0 N–H and O–H groups in total. The van der Waals surface area contributed by atoms with Gasteiger partial charge in [-0.05, 0) is 0 Å². The van der Waals surface area contributed by atoms with E-state index in [0.717, 1.165) is 0 Å².